The molecule has 4 rings (SSSR count). The van der Waals surface area contributed by atoms with E-state index in [0.29, 0.717) is 24.7 Å². The van der Waals surface area contributed by atoms with E-state index in [-0.39, 0.29) is 17.5 Å². The van der Waals surface area contributed by atoms with E-state index in [1.54, 1.807) is 31.3 Å². The van der Waals surface area contributed by atoms with Crippen LogP contribution in [0.15, 0.2) is 76.5 Å². The first-order chi connectivity index (χ1) is 15.6. The summed E-state index contributed by atoms with van der Waals surface area (Å²) in [6.07, 6.45) is 4.10. The van der Waals surface area contributed by atoms with Crippen molar-refractivity contribution in [1.29, 1.82) is 0 Å². The molecule has 0 radical (unpaired) electrons. The van der Waals surface area contributed by atoms with Gasteiger partial charge in [0.15, 0.2) is 11.7 Å². The van der Waals surface area contributed by atoms with E-state index in [9.17, 15) is 9.18 Å². The third-order valence-electron chi connectivity index (χ3n) is 5.06. The number of guanidine groups is 1. The number of halogens is 1. The number of amides is 1. The van der Waals surface area contributed by atoms with Crippen LogP contribution in [0.25, 0.3) is 10.9 Å². The van der Waals surface area contributed by atoms with Gasteiger partial charge in [-0.3, -0.25) is 9.79 Å². The number of carbonyl (C=O) groups excluding carboxylic acids is 1. The Morgan fingerprint density at radius 1 is 1.12 bits per heavy atom. The molecule has 0 aliphatic heterocycles. The highest BCUT2D eigenvalue weighted by Crippen LogP contribution is 2.19. The lowest BCUT2D eigenvalue weighted by Crippen LogP contribution is -2.37. The van der Waals surface area contributed by atoms with Gasteiger partial charge in [0.2, 0.25) is 0 Å². The molecule has 0 unspecified atom stereocenters. The predicted octanol–water partition coefficient (Wildman–Crippen LogP) is 4.06. The minimum atomic E-state index is -0.289. The molecule has 0 aliphatic carbocycles. The molecule has 2 aromatic heterocycles. The third-order valence-corrected chi connectivity index (χ3v) is 5.06. The molecule has 164 valence electrons. The Morgan fingerprint density at radius 2 is 1.97 bits per heavy atom. The fourth-order valence-corrected chi connectivity index (χ4v) is 3.39. The summed E-state index contributed by atoms with van der Waals surface area (Å²) in [6.45, 7) is 1.23. The fraction of sp³-hybridized carbons (Fsp3) is 0.167. The maximum absolute atomic E-state index is 13.5. The number of aromatic amines is 1. The molecular weight excluding hydrogens is 409 g/mol. The van der Waals surface area contributed by atoms with Crippen LogP contribution in [-0.4, -0.2) is 30.4 Å². The highest BCUT2D eigenvalue weighted by Gasteiger charge is 2.09. The predicted molar refractivity (Wildman–Crippen MR) is 123 cm³/mol. The fourth-order valence-electron chi connectivity index (χ4n) is 3.39. The monoisotopic (exact) mass is 433 g/mol. The largest absolute Gasteiger partial charge is 0.459 e. The Bertz CT molecular complexity index is 1210. The summed E-state index contributed by atoms with van der Waals surface area (Å²) < 4.78 is 18.6. The second-order valence-electron chi connectivity index (χ2n) is 7.23. The molecule has 0 saturated heterocycles. The quantitative estimate of drug-likeness (QED) is 0.261. The van der Waals surface area contributed by atoms with Crippen LogP contribution in [0.4, 0.5) is 10.1 Å². The number of rotatable bonds is 7. The Balaban J connectivity index is 1.25. The first-order valence-electron chi connectivity index (χ1n) is 10.3. The van der Waals surface area contributed by atoms with Gasteiger partial charge >= 0.3 is 0 Å². The van der Waals surface area contributed by atoms with Gasteiger partial charge in [0.05, 0.1) is 6.26 Å². The molecule has 2 heterocycles. The number of nitrogens with zero attached hydrogens (tertiary/aromatic N) is 1. The summed E-state index contributed by atoms with van der Waals surface area (Å²) in [7, 11) is 1.71. The van der Waals surface area contributed by atoms with E-state index in [2.05, 4.69) is 25.9 Å². The highest BCUT2D eigenvalue weighted by atomic mass is 19.1. The molecule has 7 nitrogen and oxygen atoms in total. The summed E-state index contributed by atoms with van der Waals surface area (Å²) in [6, 6.07) is 15.6. The van der Waals surface area contributed by atoms with E-state index in [1.165, 1.54) is 12.3 Å². The lowest BCUT2D eigenvalue weighted by Gasteiger charge is -2.12. The number of anilines is 1. The molecule has 0 saturated carbocycles. The standard InChI is InChI=1S/C24H24FN5O2/c1-26-24(27-11-10-17-15-28-21-9-6-18(25)13-20(17)21)29-14-16-4-7-19(8-5-16)30-23(31)22-3-2-12-32-22/h2-9,12-13,15,28H,10-11,14H2,1H3,(H,30,31)(H2,26,27,29). The molecule has 0 spiro atoms. The molecule has 4 N–H and O–H groups in total. The molecule has 0 atom stereocenters. The Kier molecular flexibility index (Phi) is 6.50. The lowest BCUT2D eigenvalue weighted by molar-refractivity contribution is 0.0996. The van der Waals surface area contributed by atoms with Gasteiger partial charge in [-0.15, -0.1) is 0 Å². The van der Waals surface area contributed by atoms with Crippen LogP contribution >= 0.6 is 0 Å². The van der Waals surface area contributed by atoms with Crippen molar-refractivity contribution in [2.75, 3.05) is 18.9 Å². The first-order valence-corrected chi connectivity index (χ1v) is 10.3. The zero-order valence-electron chi connectivity index (χ0n) is 17.6. The molecule has 32 heavy (non-hydrogen) atoms. The SMILES string of the molecule is CN=C(NCCc1c[nH]c2ccc(F)cc12)NCc1ccc(NC(=O)c2ccco2)cc1. The van der Waals surface area contributed by atoms with Crippen molar-refractivity contribution in [3.8, 4) is 0 Å². The van der Waals surface area contributed by atoms with E-state index < -0.39 is 0 Å². The Hall–Kier alpha value is -4.07. The summed E-state index contributed by atoms with van der Waals surface area (Å²) in [5.41, 5.74) is 3.70. The van der Waals surface area contributed by atoms with Crippen LogP contribution in [0.2, 0.25) is 0 Å². The molecule has 4 aromatic rings. The van der Waals surface area contributed by atoms with Crippen molar-refractivity contribution in [2.24, 2.45) is 4.99 Å². The Labute approximate surface area is 184 Å². The normalized spacial score (nSPS) is 11.5. The van der Waals surface area contributed by atoms with Crippen molar-refractivity contribution in [3.05, 3.63) is 89.8 Å². The Morgan fingerprint density at radius 3 is 2.72 bits per heavy atom. The zero-order valence-corrected chi connectivity index (χ0v) is 17.6. The van der Waals surface area contributed by atoms with Crippen LogP contribution in [0.5, 0.6) is 0 Å². The minimum absolute atomic E-state index is 0.240. The van der Waals surface area contributed by atoms with Gasteiger partial charge in [-0.1, -0.05) is 12.1 Å². The highest BCUT2D eigenvalue weighted by molar-refractivity contribution is 6.02. The second-order valence-corrected chi connectivity index (χ2v) is 7.23. The average Bonchev–Trinajstić information content (AvgIpc) is 3.47. The number of aliphatic imine (C=N–C) groups is 1. The smallest absolute Gasteiger partial charge is 0.291 e. The number of fused-ring (bicyclic) bond motifs is 1. The van der Waals surface area contributed by atoms with Crippen LogP contribution in [0.1, 0.15) is 21.7 Å². The van der Waals surface area contributed by atoms with Crippen LogP contribution in [0.3, 0.4) is 0 Å². The van der Waals surface area contributed by atoms with Crippen molar-refractivity contribution in [1.82, 2.24) is 15.6 Å². The van der Waals surface area contributed by atoms with E-state index in [4.69, 9.17) is 4.42 Å². The summed E-state index contributed by atoms with van der Waals surface area (Å²) in [4.78, 5) is 19.4. The number of carbonyl (C=O) groups is 1. The summed E-state index contributed by atoms with van der Waals surface area (Å²) in [5, 5.41) is 10.2. The van der Waals surface area contributed by atoms with Crippen LogP contribution in [-0.2, 0) is 13.0 Å². The van der Waals surface area contributed by atoms with Gasteiger partial charge in [-0.05, 0) is 60.0 Å². The maximum Gasteiger partial charge on any atom is 0.291 e. The zero-order chi connectivity index (χ0) is 22.3. The molecule has 8 heteroatoms. The van der Waals surface area contributed by atoms with Gasteiger partial charge in [-0.2, -0.15) is 0 Å². The van der Waals surface area contributed by atoms with Gasteiger partial charge in [0.1, 0.15) is 5.82 Å². The number of hydrogen-bond acceptors (Lipinski definition) is 3. The first kappa shape index (κ1) is 21.2. The summed E-state index contributed by atoms with van der Waals surface area (Å²) >= 11 is 0. The molecule has 0 bridgehead atoms. The number of furan rings is 1. The number of aromatic nitrogens is 1. The number of nitrogens with one attached hydrogen (secondary N) is 4. The molecule has 0 aliphatic rings. The minimum Gasteiger partial charge on any atom is -0.459 e. The van der Waals surface area contributed by atoms with Crippen LogP contribution < -0.4 is 16.0 Å². The van der Waals surface area contributed by atoms with Crippen molar-refractivity contribution >= 4 is 28.5 Å². The maximum atomic E-state index is 13.5. The van der Waals surface area contributed by atoms with Crippen LogP contribution in [0, 0.1) is 5.82 Å². The third kappa shape index (κ3) is 5.15. The van der Waals surface area contributed by atoms with Crippen molar-refractivity contribution in [2.45, 2.75) is 13.0 Å². The van der Waals surface area contributed by atoms with Gasteiger partial charge in [0.25, 0.3) is 5.91 Å². The molecule has 1 amide bonds. The number of benzene rings is 2. The molecular formula is C24H24FN5O2. The van der Waals surface area contributed by atoms with Crippen molar-refractivity contribution in [3.63, 3.8) is 0 Å². The van der Waals surface area contributed by atoms with E-state index in [1.807, 2.05) is 30.5 Å². The van der Waals surface area contributed by atoms with Gasteiger partial charge < -0.3 is 25.4 Å². The second kappa shape index (κ2) is 9.82. The van der Waals surface area contributed by atoms with Crippen molar-refractivity contribution < 1.29 is 13.6 Å². The van der Waals surface area contributed by atoms with E-state index >= 15 is 0 Å². The topological polar surface area (TPSA) is 94.5 Å². The summed E-state index contributed by atoms with van der Waals surface area (Å²) in [5.74, 6) is 0.411. The van der Waals surface area contributed by atoms with Gasteiger partial charge in [-0.25, -0.2) is 4.39 Å². The van der Waals surface area contributed by atoms with E-state index in [0.717, 1.165) is 28.5 Å². The molecule has 2 aromatic carbocycles. The molecule has 0 fully saturated rings. The number of hydrogen-bond donors (Lipinski definition) is 4. The average molecular weight is 433 g/mol. The van der Waals surface area contributed by atoms with Gasteiger partial charge in [0, 0.05) is 42.9 Å². The lowest BCUT2D eigenvalue weighted by atomic mass is 10.1. The number of H-pyrrole nitrogens is 1.